The Bertz CT molecular complexity index is 1010. The van der Waals surface area contributed by atoms with Crippen molar-refractivity contribution >= 4 is 16.9 Å². The van der Waals surface area contributed by atoms with Crippen molar-refractivity contribution in [2.45, 2.75) is 26.4 Å². The molecule has 1 amide bonds. The molecule has 1 N–H and O–H groups in total. The summed E-state index contributed by atoms with van der Waals surface area (Å²) in [4.78, 5) is 25.5. The summed E-state index contributed by atoms with van der Waals surface area (Å²) in [5, 5.41) is 3.28. The molecule has 0 aliphatic rings. The number of hydrogen-bond donors (Lipinski definition) is 1. The van der Waals surface area contributed by atoms with Crippen LogP contribution >= 0.6 is 0 Å². The van der Waals surface area contributed by atoms with Crippen LogP contribution < -0.4 is 10.7 Å². The smallest absolute Gasteiger partial charge is 0.255 e. The fourth-order valence-corrected chi connectivity index (χ4v) is 2.96. The Kier molecular flexibility index (Phi) is 5.72. The van der Waals surface area contributed by atoms with Crippen LogP contribution in [0.3, 0.4) is 0 Å². The van der Waals surface area contributed by atoms with Gasteiger partial charge in [0, 0.05) is 24.8 Å². The van der Waals surface area contributed by atoms with E-state index in [1.165, 1.54) is 0 Å². The lowest BCUT2D eigenvalue weighted by atomic mass is 10.0. The maximum Gasteiger partial charge on any atom is 0.255 e. The second-order valence-corrected chi connectivity index (χ2v) is 6.52. The van der Waals surface area contributed by atoms with Gasteiger partial charge in [0.2, 0.25) is 0 Å². The molecule has 1 atom stereocenters. The Morgan fingerprint density at radius 3 is 2.59 bits per heavy atom. The van der Waals surface area contributed by atoms with Crippen LogP contribution in [-0.2, 0) is 4.74 Å². The van der Waals surface area contributed by atoms with Crippen LogP contribution in [0.2, 0.25) is 0 Å². The second kappa shape index (κ2) is 8.18. The van der Waals surface area contributed by atoms with Crippen molar-refractivity contribution in [1.29, 1.82) is 0 Å². The number of para-hydroxylation sites is 1. The first kappa shape index (κ1) is 18.9. The molecule has 0 aliphatic carbocycles. The highest BCUT2D eigenvalue weighted by Gasteiger charge is 2.18. The van der Waals surface area contributed by atoms with E-state index in [9.17, 15) is 9.59 Å². The number of carbonyl (C=O) groups is 1. The molecule has 0 saturated carbocycles. The molecular formula is C22H23NO4. The number of carbonyl (C=O) groups excluding carboxylic acids is 1. The van der Waals surface area contributed by atoms with E-state index in [-0.39, 0.29) is 17.4 Å². The van der Waals surface area contributed by atoms with Gasteiger partial charge >= 0.3 is 0 Å². The van der Waals surface area contributed by atoms with Crippen LogP contribution in [0.4, 0.5) is 0 Å². The van der Waals surface area contributed by atoms with E-state index in [1.54, 1.807) is 32.2 Å². The van der Waals surface area contributed by atoms with Gasteiger partial charge in [-0.15, -0.1) is 0 Å². The zero-order valence-corrected chi connectivity index (χ0v) is 15.7. The third-order valence-corrected chi connectivity index (χ3v) is 4.66. The molecule has 1 aromatic heterocycles. The minimum atomic E-state index is -0.269. The summed E-state index contributed by atoms with van der Waals surface area (Å²) in [7, 11) is 1.64. The van der Waals surface area contributed by atoms with Gasteiger partial charge < -0.3 is 14.5 Å². The third kappa shape index (κ3) is 3.93. The quantitative estimate of drug-likeness (QED) is 0.719. The van der Waals surface area contributed by atoms with Gasteiger partial charge in [0.1, 0.15) is 5.76 Å². The van der Waals surface area contributed by atoms with Gasteiger partial charge in [-0.3, -0.25) is 9.59 Å². The van der Waals surface area contributed by atoms with E-state index in [0.29, 0.717) is 40.8 Å². The number of amides is 1. The summed E-state index contributed by atoms with van der Waals surface area (Å²) in [6.07, 6.45) is 0.758. The van der Waals surface area contributed by atoms with Crippen molar-refractivity contribution in [3.05, 3.63) is 69.9 Å². The molecule has 0 spiro atoms. The molecule has 0 bridgehead atoms. The van der Waals surface area contributed by atoms with Gasteiger partial charge in [-0.2, -0.15) is 0 Å². The van der Waals surface area contributed by atoms with Gasteiger partial charge in [-0.25, -0.2) is 0 Å². The summed E-state index contributed by atoms with van der Waals surface area (Å²) in [5.41, 5.74) is 1.87. The predicted octanol–water partition coefficient (Wildman–Crippen LogP) is 3.92. The molecule has 27 heavy (non-hydrogen) atoms. The maximum absolute atomic E-state index is 12.8. The van der Waals surface area contributed by atoms with Crippen LogP contribution in [0, 0.1) is 6.92 Å². The first-order valence-corrected chi connectivity index (χ1v) is 8.95. The van der Waals surface area contributed by atoms with E-state index in [2.05, 4.69) is 5.32 Å². The Labute approximate surface area is 158 Å². The van der Waals surface area contributed by atoms with Crippen LogP contribution in [0.25, 0.3) is 22.3 Å². The predicted molar refractivity (Wildman–Crippen MR) is 106 cm³/mol. The zero-order chi connectivity index (χ0) is 19.4. The van der Waals surface area contributed by atoms with Gasteiger partial charge in [-0.1, -0.05) is 36.4 Å². The summed E-state index contributed by atoms with van der Waals surface area (Å²) in [5.74, 6) is 0.219. The lowest BCUT2D eigenvalue weighted by molar-refractivity contribution is 0.0918. The molecule has 3 rings (SSSR count). The molecule has 0 saturated heterocycles. The number of rotatable bonds is 6. The molecule has 5 nitrogen and oxygen atoms in total. The number of methoxy groups -OCH3 is 1. The molecular weight excluding hydrogens is 342 g/mol. The van der Waals surface area contributed by atoms with Crippen molar-refractivity contribution in [3.8, 4) is 11.3 Å². The average molecular weight is 365 g/mol. The molecule has 0 fully saturated rings. The van der Waals surface area contributed by atoms with Crippen molar-refractivity contribution < 1.29 is 13.9 Å². The van der Waals surface area contributed by atoms with Crippen LogP contribution in [0.5, 0.6) is 0 Å². The molecule has 5 heteroatoms. The number of hydrogen-bond acceptors (Lipinski definition) is 4. The highest BCUT2D eigenvalue weighted by molar-refractivity contribution is 6.05. The van der Waals surface area contributed by atoms with Gasteiger partial charge in [-0.05, 0) is 32.4 Å². The summed E-state index contributed by atoms with van der Waals surface area (Å²) in [6.45, 7) is 4.16. The first-order valence-electron chi connectivity index (χ1n) is 8.95. The van der Waals surface area contributed by atoms with Crippen LogP contribution in [0.1, 0.15) is 29.3 Å². The minimum absolute atomic E-state index is 0.0584. The van der Waals surface area contributed by atoms with Crippen molar-refractivity contribution in [2.75, 3.05) is 13.7 Å². The van der Waals surface area contributed by atoms with E-state index in [0.717, 1.165) is 5.56 Å². The van der Waals surface area contributed by atoms with E-state index in [1.807, 2.05) is 37.3 Å². The number of fused-ring (bicyclic) bond motifs is 1. The number of ether oxygens (including phenoxy) is 1. The van der Waals surface area contributed by atoms with E-state index >= 15 is 0 Å². The Morgan fingerprint density at radius 1 is 1.15 bits per heavy atom. The lowest BCUT2D eigenvalue weighted by Crippen LogP contribution is -2.27. The molecule has 0 radical (unpaired) electrons. The normalized spacial score (nSPS) is 12.1. The van der Waals surface area contributed by atoms with Crippen molar-refractivity contribution in [3.63, 3.8) is 0 Å². The van der Waals surface area contributed by atoms with Crippen molar-refractivity contribution in [2.24, 2.45) is 0 Å². The summed E-state index contributed by atoms with van der Waals surface area (Å²) >= 11 is 0. The molecule has 3 aromatic rings. The van der Waals surface area contributed by atoms with Gasteiger partial charge in [0.25, 0.3) is 5.91 Å². The molecule has 1 unspecified atom stereocenters. The summed E-state index contributed by atoms with van der Waals surface area (Å²) < 4.78 is 11.3. The van der Waals surface area contributed by atoms with Crippen molar-refractivity contribution in [1.82, 2.24) is 5.32 Å². The summed E-state index contributed by atoms with van der Waals surface area (Å²) in [6, 6.07) is 14.5. The fraction of sp³-hybridized carbons (Fsp3) is 0.273. The SMILES string of the molecule is COC(C)CCNC(=O)c1cccc2c(=O)c(C)c(-c3ccccc3)oc12. The molecule has 1 heterocycles. The average Bonchev–Trinajstić information content (AvgIpc) is 2.70. The largest absolute Gasteiger partial charge is 0.455 e. The lowest BCUT2D eigenvalue weighted by Gasteiger charge is -2.12. The molecule has 140 valence electrons. The van der Waals surface area contributed by atoms with Crippen LogP contribution in [0.15, 0.2) is 57.7 Å². The Hall–Kier alpha value is -2.92. The minimum Gasteiger partial charge on any atom is -0.455 e. The third-order valence-electron chi connectivity index (χ3n) is 4.66. The molecule has 0 aliphatic heterocycles. The van der Waals surface area contributed by atoms with Crippen LogP contribution in [-0.4, -0.2) is 25.7 Å². The Balaban J connectivity index is 2.03. The molecule has 2 aromatic carbocycles. The maximum atomic E-state index is 12.8. The van der Waals surface area contributed by atoms with E-state index < -0.39 is 0 Å². The first-order chi connectivity index (χ1) is 13.0. The zero-order valence-electron chi connectivity index (χ0n) is 15.7. The Morgan fingerprint density at radius 2 is 1.89 bits per heavy atom. The second-order valence-electron chi connectivity index (χ2n) is 6.52. The monoisotopic (exact) mass is 365 g/mol. The topological polar surface area (TPSA) is 68.5 Å². The number of benzene rings is 2. The standard InChI is InChI=1S/C22H23NO4/c1-14(26-3)12-13-23-22(25)18-11-7-10-17-19(24)15(2)20(27-21(17)18)16-8-5-4-6-9-16/h4-11,14H,12-13H2,1-3H3,(H,23,25). The number of nitrogens with one attached hydrogen (secondary N) is 1. The van der Waals surface area contributed by atoms with Gasteiger partial charge in [0.05, 0.1) is 17.1 Å². The highest BCUT2D eigenvalue weighted by atomic mass is 16.5. The van der Waals surface area contributed by atoms with E-state index in [4.69, 9.17) is 9.15 Å². The fourth-order valence-electron chi connectivity index (χ4n) is 2.96. The van der Waals surface area contributed by atoms with Gasteiger partial charge in [0.15, 0.2) is 11.0 Å². The highest BCUT2D eigenvalue weighted by Crippen LogP contribution is 2.27.